The molecule has 1 aromatic rings. The lowest BCUT2D eigenvalue weighted by Crippen LogP contribution is -2.54. The number of nitrogens with two attached hydrogens (primary N) is 1. The minimum atomic E-state index is -1.59. The lowest BCUT2D eigenvalue weighted by Gasteiger charge is -2.29. The second-order valence-electron chi connectivity index (χ2n) is 6.34. The third-order valence-corrected chi connectivity index (χ3v) is 3.78. The van der Waals surface area contributed by atoms with E-state index in [0.29, 0.717) is 11.5 Å². The van der Waals surface area contributed by atoms with E-state index in [4.69, 9.17) is 19.8 Å². The molecule has 2 amide bonds. The van der Waals surface area contributed by atoms with Gasteiger partial charge in [-0.2, -0.15) is 0 Å². The van der Waals surface area contributed by atoms with Crippen LogP contribution < -0.4 is 5.84 Å². The highest BCUT2D eigenvalue weighted by Crippen LogP contribution is 2.18. The van der Waals surface area contributed by atoms with Crippen molar-refractivity contribution in [2.24, 2.45) is 5.84 Å². The predicted octanol–water partition coefficient (Wildman–Crippen LogP) is 1.70. The topological polar surface area (TPSA) is 128 Å². The Hall–Kier alpha value is -1.89. The third kappa shape index (κ3) is 6.44. The first-order chi connectivity index (χ1) is 12.0. The van der Waals surface area contributed by atoms with Crippen LogP contribution in [0.4, 0.5) is 4.79 Å². The summed E-state index contributed by atoms with van der Waals surface area (Å²) < 4.78 is 15.8. The molecule has 10 nitrogen and oxygen atoms in total. The number of hydrogen-bond acceptors (Lipinski definition) is 8. The van der Waals surface area contributed by atoms with Crippen LogP contribution >= 0.6 is 22.9 Å². The molecule has 26 heavy (non-hydrogen) atoms. The first-order valence-corrected chi connectivity index (χ1v) is 8.75. The molecule has 0 fully saturated rings. The molecule has 2 N–H and O–H groups in total. The number of carbonyl (C=O) groups is 3. The zero-order valence-electron chi connectivity index (χ0n) is 15.3. The number of amides is 2. The minimum absolute atomic E-state index is 0.0362. The molecular weight excluding hydrogens is 459 g/mol. The molecule has 0 saturated heterocycles. The number of hydrogen-bond donors (Lipinski definition) is 1. The number of esters is 1. The number of halogens is 1. The van der Waals surface area contributed by atoms with E-state index in [2.05, 4.69) is 5.16 Å². The van der Waals surface area contributed by atoms with Crippen LogP contribution in [0.15, 0.2) is 10.6 Å². The van der Waals surface area contributed by atoms with Gasteiger partial charge in [-0.05, 0) is 34.6 Å². The van der Waals surface area contributed by atoms with E-state index >= 15 is 0 Å². The highest BCUT2D eigenvalue weighted by molar-refractivity contribution is 14.1. The largest absolute Gasteiger partial charge is 0.464 e. The molecule has 1 rings (SSSR count). The number of aryl methyl sites for hydroxylation is 1. The minimum Gasteiger partial charge on any atom is -0.464 e. The van der Waals surface area contributed by atoms with Crippen molar-refractivity contribution in [2.75, 3.05) is 6.61 Å². The molecule has 0 radical (unpaired) electrons. The van der Waals surface area contributed by atoms with Crippen molar-refractivity contribution in [2.45, 2.75) is 52.8 Å². The fourth-order valence-corrected chi connectivity index (χ4v) is 2.39. The summed E-state index contributed by atoms with van der Waals surface area (Å²) in [5, 5.41) is 4.51. The Kier molecular flexibility index (Phi) is 7.81. The van der Waals surface area contributed by atoms with E-state index in [1.807, 2.05) is 0 Å². The van der Waals surface area contributed by atoms with Crippen LogP contribution in [0, 0.1) is 6.92 Å². The van der Waals surface area contributed by atoms with Gasteiger partial charge in [0.1, 0.15) is 17.1 Å². The van der Waals surface area contributed by atoms with Crippen LogP contribution in [0.25, 0.3) is 0 Å². The molecule has 0 spiro atoms. The average molecular weight is 482 g/mol. The summed E-state index contributed by atoms with van der Waals surface area (Å²) in [5.74, 6) is 4.56. The van der Waals surface area contributed by atoms with E-state index < -0.39 is 29.6 Å². The van der Waals surface area contributed by atoms with E-state index in [1.54, 1.807) is 40.7 Å². The summed E-state index contributed by atoms with van der Waals surface area (Å²) in [6.07, 6.45) is -0.866. The average Bonchev–Trinajstić information content (AvgIpc) is 2.90. The quantitative estimate of drug-likeness (QED) is 0.123. The van der Waals surface area contributed by atoms with Gasteiger partial charge in [0, 0.05) is 6.07 Å². The van der Waals surface area contributed by atoms with Crippen LogP contribution in [-0.2, 0) is 25.6 Å². The molecule has 146 valence electrons. The van der Waals surface area contributed by atoms with Crippen molar-refractivity contribution in [1.82, 2.24) is 13.3 Å². The fraction of sp³-hybridized carbons (Fsp3) is 0.600. The van der Waals surface area contributed by atoms with E-state index in [0.717, 1.165) is 8.12 Å². The number of carbonyl (C=O) groups excluding carboxylic acids is 3. The summed E-state index contributed by atoms with van der Waals surface area (Å²) in [6.45, 7) is 8.20. The molecule has 0 aromatic carbocycles. The van der Waals surface area contributed by atoms with Crippen LogP contribution in [0.5, 0.6) is 0 Å². The van der Waals surface area contributed by atoms with Crippen LogP contribution in [0.3, 0.4) is 0 Å². The van der Waals surface area contributed by atoms with Gasteiger partial charge in [0.15, 0.2) is 0 Å². The maximum Gasteiger partial charge on any atom is 0.420 e. The van der Waals surface area contributed by atoms with Gasteiger partial charge in [0.2, 0.25) is 6.04 Å². The molecule has 0 saturated carbocycles. The molecule has 1 unspecified atom stereocenters. The van der Waals surface area contributed by atoms with Crippen LogP contribution in [0.1, 0.15) is 39.1 Å². The summed E-state index contributed by atoms with van der Waals surface area (Å²) >= 11 is 1.53. The Morgan fingerprint density at radius 1 is 1.38 bits per heavy atom. The molecule has 0 aliphatic carbocycles. The Labute approximate surface area is 165 Å². The zero-order valence-corrected chi connectivity index (χ0v) is 17.5. The van der Waals surface area contributed by atoms with Gasteiger partial charge in [0.25, 0.3) is 5.91 Å². The standard InChI is InChI=1S/C15H23IN4O6/c1-6-24-13(22)11(20(16)14(23)25-15(3,4)5)12(21)19(17)8-10-7-9(2)26-18-10/h7,11H,6,8,17H2,1-5H3. The van der Waals surface area contributed by atoms with Gasteiger partial charge >= 0.3 is 12.1 Å². The van der Waals surface area contributed by atoms with Gasteiger partial charge in [0.05, 0.1) is 36.0 Å². The highest BCUT2D eigenvalue weighted by Gasteiger charge is 2.40. The number of hydrazine groups is 1. The summed E-state index contributed by atoms with van der Waals surface area (Å²) in [5.41, 5.74) is -0.401. The smallest absolute Gasteiger partial charge is 0.420 e. The number of rotatable bonds is 6. The first-order valence-electron chi connectivity index (χ1n) is 7.79. The molecule has 0 aliphatic rings. The number of nitrogens with zero attached hydrogens (tertiary/aromatic N) is 3. The maximum atomic E-state index is 12.7. The number of ether oxygens (including phenoxy) is 2. The lowest BCUT2D eigenvalue weighted by atomic mass is 10.2. The normalized spacial score (nSPS) is 12.3. The van der Waals surface area contributed by atoms with Crippen molar-refractivity contribution in [3.8, 4) is 0 Å². The lowest BCUT2D eigenvalue weighted by molar-refractivity contribution is -0.154. The van der Waals surface area contributed by atoms with Gasteiger partial charge < -0.3 is 14.0 Å². The molecule has 1 atom stereocenters. The monoisotopic (exact) mass is 482 g/mol. The van der Waals surface area contributed by atoms with Crippen LogP contribution in [0.2, 0.25) is 0 Å². The molecular formula is C15H23IN4O6. The summed E-state index contributed by atoms with van der Waals surface area (Å²) in [7, 11) is 0. The van der Waals surface area contributed by atoms with Gasteiger partial charge in [-0.1, -0.05) is 5.16 Å². The maximum absolute atomic E-state index is 12.7. The Morgan fingerprint density at radius 2 is 2.00 bits per heavy atom. The van der Waals surface area contributed by atoms with Gasteiger partial charge in [-0.15, -0.1) is 0 Å². The summed E-state index contributed by atoms with van der Waals surface area (Å²) in [6, 6.07) is 0.00533. The Balaban J connectivity index is 2.98. The summed E-state index contributed by atoms with van der Waals surface area (Å²) in [4.78, 5) is 37.2. The third-order valence-electron chi connectivity index (χ3n) is 2.83. The van der Waals surface area contributed by atoms with Crippen LogP contribution in [-0.4, -0.2) is 49.5 Å². The highest BCUT2D eigenvalue weighted by atomic mass is 127. The van der Waals surface area contributed by atoms with Gasteiger partial charge in [-0.25, -0.2) is 18.5 Å². The Morgan fingerprint density at radius 3 is 2.46 bits per heavy atom. The second-order valence-corrected chi connectivity index (χ2v) is 7.38. The zero-order chi connectivity index (χ0) is 20.1. The van der Waals surface area contributed by atoms with Crippen molar-refractivity contribution < 1.29 is 28.4 Å². The molecule has 11 heteroatoms. The predicted molar refractivity (Wildman–Crippen MR) is 98.5 cm³/mol. The van der Waals surface area contributed by atoms with E-state index in [1.165, 1.54) is 22.9 Å². The van der Waals surface area contributed by atoms with Crippen molar-refractivity contribution >= 4 is 40.8 Å². The Bertz CT molecular complexity index is 657. The second kappa shape index (κ2) is 9.16. The molecule has 0 aliphatic heterocycles. The molecule has 0 bridgehead atoms. The van der Waals surface area contributed by atoms with Crippen molar-refractivity contribution in [1.29, 1.82) is 0 Å². The fourth-order valence-electron chi connectivity index (χ4n) is 1.82. The SMILES string of the molecule is CCOC(=O)C(C(=O)N(N)Cc1cc(C)on1)N(I)C(=O)OC(C)(C)C. The number of aromatic nitrogens is 1. The van der Waals surface area contributed by atoms with Crippen molar-refractivity contribution in [3.63, 3.8) is 0 Å². The molecule has 1 aromatic heterocycles. The van der Waals surface area contributed by atoms with Gasteiger partial charge in [-0.3, -0.25) is 9.80 Å². The first kappa shape index (κ1) is 22.2. The van der Waals surface area contributed by atoms with E-state index in [9.17, 15) is 14.4 Å². The molecule has 1 heterocycles. The van der Waals surface area contributed by atoms with E-state index in [-0.39, 0.29) is 13.2 Å². The van der Waals surface area contributed by atoms with Crippen molar-refractivity contribution in [3.05, 3.63) is 17.5 Å².